The number of anilines is 1. The van der Waals surface area contributed by atoms with Crippen molar-refractivity contribution >= 4 is 29.9 Å². The number of nitrogens with zero attached hydrogens (tertiary/aromatic N) is 2. The molecule has 6 heteroatoms. The molecule has 2 aromatic rings. The van der Waals surface area contributed by atoms with Gasteiger partial charge in [-0.1, -0.05) is 30.3 Å². The summed E-state index contributed by atoms with van der Waals surface area (Å²) in [5, 5.41) is 6.06. The van der Waals surface area contributed by atoms with Crippen LogP contribution in [0.5, 0.6) is 5.75 Å². The number of hydrogen-bond acceptors (Lipinski definition) is 5. The molecular weight excluding hydrogens is 334 g/mol. The lowest BCUT2D eigenvalue weighted by Crippen LogP contribution is -2.24. The summed E-state index contributed by atoms with van der Waals surface area (Å²) in [4.78, 5) is 12.0. The number of hydrogen-bond donors (Lipinski definition) is 2. The molecule has 1 atom stereocenters. The summed E-state index contributed by atoms with van der Waals surface area (Å²) in [6, 6.07) is 15.1. The van der Waals surface area contributed by atoms with Crippen molar-refractivity contribution in [2.45, 2.75) is 19.4 Å². The van der Waals surface area contributed by atoms with E-state index in [1.165, 1.54) is 11.9 Å². The third-order valence-electron chi connectivity index (χ3n) is 3.97. The van der Waals surface area contributed by atoms with Crippen LogP contribution in [-0.4, -0.2) is 30.0 Å². The van der Waals surface area contributed by atoms with Crippen LogP contribution in [0.15, 0.2) is 53.6 Å². The highest BCUT2D eigenvalue weighted by Crippen LogP contribution is 2.37. The molecule has 0 radical (unpaired) electrons. The average molecular weight is 357 g/mol. The number of rotatable bonds is 3. The second kappa shape index (κ2) is 8.58. The lowest BCUT2D eigenvalue weighted by molar-refractivity contribution is -0.130. The third-order valence-corrected chi connectivity index (χ3v) is 3.97. The second-order valence-electron chi connectivity index (χ2n) is 5.49. The van der Waals surface area contributed by atoms with Gasteiger partial charge >= 0.3 is 0 Å². The van der Waals surface area contributed by atoms with Crippen molar-refractivity contribution in [3.8, 4) is 5.75 Å². The SMILES string of the molecule is COc1ccccc1C1CC(c2ccc(N)cc2)=NN1C(C)=O.CS. The number of amides is 1. The molecule has 1 aliphatic heterocycles. The van der Waals surface area contributed by atoms with Crippen LogP contribution in [0.3, 0.4) is 0 Å². The van der Waals surface area contributed by atoms with Crippen LogP contribution >= 0.6 is 12.6 Å². The highest BCUT2D eigenvalue weighted by Gasteiger charge is 2.33. The first-order chi connectivity index (χ1) is 12.1. The molecule has 2 N–H and O–H groups in total. The summed E-state index contributed by atoms with van der Waals surface area (Å²) < 4.78 is 5.44. The van der Waals surface area contributed by atoms with Gasteiger partial charge in [0.25, 0.3) is 0 Å². The number of para-hydroxylation sites is 1. The smallest absolute Gasteiger partial charge is 0.240 e. The fourth-order valence-electron chi connectivity index (χ4n) is 2.83. The van der Waals surface area contributed by atoms with Gasteiger partial charge in [-0.05, 0) is 30.0 Å². The first kappa shape index (κ1) is 18.9. The van der Waals surface area contributed by atoms with Gasteiger partial charge in [-0.25, -0.2) is 5.01 Å². The number of nitrogens with two attached hydrogens (primary N) is 1. The number of thiol groups is 1. The van der Waals surface area contributed by atoms with Gasteiger partial charge in [0.15, 0.2) is 0 Å². The van der Waals surface area contributed by atoms with Crippen molar-refractivity contribution in [2.24, 2.45) is 5.10 Å². The maximum atomic E-state index is 12.0. The Morgan fingerprint density at radius 2 is 1.84 bits per heavy atom. The van der Waals surface area contributed by atoms with E-state index >= 15 is 0 Å². The van der Waals surface area contributed by atoms with Gasteiger partial charge in [0, 0.05) is 24.6 Å². The Hall–Kier alpha value is -2.47. The summed E-state index contributed by atoms with van der Waals surface area (Å²) >= 11 is 3.53. The average Bonchev–Trinajstić information content (AvgIpc) is 3.09. The Bertz CT molecular complexity index is 760. The molecule has 1 aliphatic rings. The lowest BCUT2D eigenvalue weighted by Gasteiger charge is -2.22. The van der Waals surface area contributed by atoms with E-state index < -0.39 is 0 Å². The first-order valence-electron chi connectivity index (χ1n) is 7.91. The van der Waals surface area contributed by atoms with Crippen molar-refractivity contribution in [2.75, 3.05) is 19.1 Å². The van der Waals surface area contributed by atoms with Gasteiger partial charge in [-0.15, -0.1) is 0 Å². The number of carbonyl (C=O) groups is 1. The molecule has 1 unspecified atom stereocenters. The predicted molar refractivity (Wildman–Crippen MR) is 105 cm³/mol. The molecule has 2 aromatic carbocycles. The van der Waals surface area contributed by atoms with Crippen molar-refractivity contribution in [1.29, 1.82) is 0 Å². The van der Waals surface area contributed by atoms with Gasteiger partial charge in [-0.3, -0.25) is 4.79 Å². The summed E-state index contributed by atoms with van der Waals surface area (Å²) in [5.41, 5.74) is 9.25. The number of carbonyl (C=O) groups excluding carboxylic acids is 1. The van der Waals surface area contributed by atoms with Crippen molar-refractivity contribution < 1.29 is 9.53 Å². The molecule has 25 heavy (non-hydrogen) atoms. The molecule has 0 fully saturated rings. The molecule has 0 bridgehead atoms. The monoisotopic (exact) mass is 357 g/mol. The van der Waals surface area contributed by atoms with Gasteiger partial charge < -0.3 is 10.5 Å². The highest BCUT2D eigenvalue weighted by molar-refractivity contribution is 7.79. The zero-order chi connectivity index (χ0) is 18.4. The van der Waals surface area contributed by atoms with Crippen LogP contribution in [0.25, 0.3) is 0 Å². The summed E-state index contributed by atoms with van der Waals surface area (Å²) in [7, 11) is 1.63. The van der Waals surface area contributed by atoms with Gasteiger partial charge in [0.05, 0.1) is 18.9 Å². The number of ether oxygens (including phenoxy) is 1. The first-order valence-corrected chi connectivity index (χ1v) is 8.80. The van der Waals surface area contributed by atoms with E-state index in [9.17, 15) is 4.79 Å². The number of methoxy groups -OCH3 is 1. The summed E-state index contributed by atoms with van der Waals surface area (Å²) in [6.07, 6.45) is 2.34. The Kier molecular flexibility index (Phi) is 6.47. The van der Waals surface area contributed by atoms with Crippen LogP contribution < -0.4 is 10.5 Å². The maximum Gasteiger partial charge on any atom is 0.240 e. The number of hydrazone groups is 1. The Morgan fingerprint density at radius 1 is 1.20 bits per heavy atom. The minimum atomic E-state index is -0.156. The van der Waals surface area contributed by atoms with E-state index in [1.807, 2.05) is 48.5 Å². The van der Waals surface area contributed by atoms with E-state index in [4.69, 9.17) is 10.5 Å². The Balaban J connectivity index is 0.00000109. The zero-order valence-corrected chi connectivity index (χ0v) is 15.5. The van der Waals surface area contributed by atoms with Gasteiger partial charge in [0.2, 0.25) is 5.91 Å². The Morgan fingerprint density at radius 3 is 2.44 bits per heavy atom. The minimum absolute atomic E-state index is 0.0913. The molecule has 0 saturated carbocycles. The van der Waals surface area contributed by atoms with Gasteiger partial charge in [-0.2, -0.15) is 17.7 Å². The molecule has 1 heterocycles. The van der Waals surface area contributed by atoms with Crippen molar-refractivity contribution in [3.05, 3.63) is 59.7 Å². The van der Waals surface area contributed by atoms with E-state index in [0.717, 1.165) is 22.6 Å². The lowest BCUT2D eigenvalue weighted by atomic mass is 9.97. The van der Waals surface area contributed by atoms with Crippen LogP contribution in [-0.2, 0) is 4.79 Å². The fourth-order valence-corrected chi connectivity index (χ4v) is 2.83. The molecule has 132 valence electrons. The number of nitrogen functional groups attached to an aromatic ring is 1. The molecule has 5 nitrogen and oxygen atoms in total. The van der Waals surface area contributed by atoms with Crippen LogP contribution in [0.4, 0.5) is 5.69 Å². The van der Waals surface area contributed by atoms with E-state index in [0.29, 0.717) is 12.1 Å². The van der Waals surface area contributed by atoms with Crippen LogP contribution in [0.1, 0.15) is 30.5 Å². The largest absolute Gasteiger partial charge is 0.496 e. The summed E-state index contributed by atoms with van der Waals surface area (Å²) in [5.74, 6) is 0.670. The van der Waals surface area contributed by atoms with E-state index in [1.54, 1.807) is 13.4 Å². The maximum absolute atomic E-state index is 12.0. The van der Waals surface area contributed by atoms with E-state index in [-0.39, 0.29) is 11.9 Å². The predicted octanol–water partition coefficient (Wildman–Crippen LogP) is 3.52. The van der Waals surface area contributed by atoms with Crippen molar-refractivity contribution in [3.63, 3.8) is 0 Å². The standard InChI is InChI=1S/C18H19N3O2.CH4S/c1-12(22)21-17(15-5-3-4-6-18(15)23-2)11-16(20-21)13-7-9-14(19)10-8-13;1-2/h3-10,17H,11,19H2,1-2H3;2H,1H3. The van der Waals surface area contributed by atoms with E-state index in [2.05, 4.69) is 17.7 Å². The highest BCUT2D eigenvalue weighted by atomic mass is 32.1. The molecular formula is C19H23N3O2S. The topological polar surface area (TPSA) is 67.9 Å². The zero-order valence-electron chi connectivity index (χ0n) is 14.6. The molecule has 1 amide bonds. The van der Waals surface area contributed by atoms with Crippen LogP contribution in [0.2, 0.25) is 0 Å². The number of benzene rings is 2. The fraction of sp³-hybridized carbons (Fsp3) is 0.263. The normalized spacial score (nSPS) is 15.9. The molecule has 0 aromatic heterocycles. The molecule has 0 aliphatic carbocycles. The second-order valence-corrected chi connectivity index (χ2v) is 5.49. The molecule has 0 spiro atoms. The van der Waals surface area contributed by atoms with Crippen molar-refractivity contribution in [1.82, 2.24) is 5.01 Å². The quantitative estimate of drug-likeness (QED) is 0.652. The third kappa shape index (κ3) is 4.14. The molecule has 3 rings (SSSR count). The van der Waals surface area contributed by atoms with Gasteiger partial charge in [0.1, 0.15) is 5.75 Å². The van der Waals surface area contributed by atoms with Crippen LogP contribution in [0, 0.1) is 0 Å². The summed E-state index contributed by atoms with van der Waals surface area (Å²) in [6.45, 7) is 1.53. The minimum Gasteiger partial charge on any atom is -0.496 e. The Labute approximate surface area is 153 Å². The molecule has 0 saturated heterocycles.